The molecule has 6 nitrogen and oxygen atoms in total. The lowest BCUT2D eigenvalue weighted by atomic mass is 10.0. The van der Waals surface area contributed by atoms with Crippen LogP contribution in [0.4, 0.5) is 5.69 Å². The summed E-state index contributed by atoms with van der Waals surface area (Å²) < 4.78 is 0. The van der Waals surface area contributed by atoms with Crippen molar-refractivity contribution >= 4 is 11.6 Å². The van der Waals surface area contributed by atoms with Crippen LogP contribution in [0.15, 0.2) is 24.3 Å². The zero-order valence-corrected chi connectivity index (χ0v) is 12.4. The van der Waals surface area contributed by atoms with E-state index in [2.05, 4.69) is 5.32 Å². The molecule has 0 aromatic heterocycles. The van der Waals surface area contributed by atoms with Gasteiger partial charge in [-0.3, -0.25) is 14.9 Å². The number of piperidine rings is 1. The summed E-state index contributed by atoms with van der Waals surface area (Å²) in [6.45, 7) is 5.31. The number of nitro benzene ring substituents is 1. The molecule has 1 aromatic carbocycles. The van der Waals surface area contributed by atoms with Crippen LogP contribution in [0, 0.1) is 10.1 Å². The van der Waals surface area contributed by atoms with Crippen LogP contribution in [-0.4, -0.2) is 34.4 Å². The van der Waals surface area contributed by atoms with Gasteiger partial charge in [0, 0.05) is 31.3 Å². The number of nitrogens with zero attached hydrogens (tertiary/aromatic N) is 2. The number of rotatable bonds is 5. The molecule has 114 valence electrons. The predicted molar refractivity (Wildman–Crippen MR) is 79.8 cm³/mol. The lowest BCUT2D eigenvalue weighted by Crippen LogP contribution is -2.51. The van der Waals surface area contributed by atoms with Gasteiger partial charge in [-0.25, -0.2) is 0 Å². The first kappa shape index (κ1) is 15.4. The maximum atomic E-state index is 12.4. The summed E-state index contributed by atoms with van der Waals surface area (Å²) in [6.07, 6.45) is 1.84. The molecule has 0 bridgehead atoms. The molecule has 1 N–H and O–H groups in total. The molecule has 1 amide bonds. The second kappa shape index (κ2) is 6.67. The van der Waals surface area contributed by atoms with Gasteiger partial charge in [-0.1, -0.05) is 26.0 Å². The molecule has 1 saturated heterocycles. The van der Waals surface area contributed by atoms with Crippen LogP contribution in [0.25, 0.3) is 0 Å². The van der Waals surface area contributed by atoms with Crippen LogP contribution in [0.2, 0.25) is 0 Å². The molecule has 0 radical (unpaired) electrons. The van der Waals surface area contributed by atoms with E-state index in [9.17, 15) is 14.9 Å². The first-order chi connectivity index (χ1) is 9.97. The summed E-state index contributed by atoms with van der Waals surface area (Å²) in [6, 6.07) is 6.55. The van der Waals surface area contributed by atoms with Gasteiger partial charge in [0.05, 0.1) is 11.0 Å². The second-order valence-corrected chi connectivity index (χ2v) is 5.70. The van der Waals surface area contributed by atoms with E-state index in [0.717, 1.165) is 24.9 Å². The summed E-state index contributed by atoms with van der Waals surface area (Å²) >= 11 is 0. The highest BCUT2D eigenvalue weighted by molar-refractivity contribution is 5.82. The average Bonchev–Trinajstić information content (AvgIpc) is 2.43. The van der Waals surface area contributed by atoms with Crippen LogP contribution in [0.3, 0.4) is 0 Å². The van der Waals surface area contributed by atoms with Gasteiger partial charge in [0.2, 0.25) is 5.91 Å². The van der Waals surface area contributed by atoms with E-state index in [1.165, 1.54) is 12.1 Å². The molecule has 0 aliphatic carbocycles. The fraction of sp³-hybridized carbons (Fsp3) is 0.533. The molecule has 1 heterocycles. The van der Waals surface area contributed by atoms with E-state index < -0.39 is 4.92 Å². The lowest BCUT2D eigenvalue weighted by molar-refractivity contribution is -0.384. The number of benzene rings is 1. The van der Waals surface area contributed by atoms with E-state index >= 15 is 0 Å². The first-order valence-electron chi connectivity index (χ1n) is 7.25. The van der Waals surface area contributed by atoms with Crippen molar-refractivity contribution in [2.75, 3.05) is 6.54 Å². The minimum absolute atomic E-state index is 0.0723. The van der Waals surface area contributed by atoms with E-state index in [1.54, 1.807) is 12.1 Å². The number of carbonyl (C=O) groups excluding carboxylic acids is 1. The van der Waals surface area contributed by atoms with Crippen LogP contribution in [0.5, 0.6) is 0 Å². The Labute approximate surface area is 124 Å². The predicted octanol–water partition coefficient (Wildman–Crippen LogP) is 2.08. The number of carbonyl (C=O) groups is 1. The van der Waals surface area contributed by atoms with Gasteiger partial charge in [-0.05, 0) is 18.4 Å². The zero-order chi connectivity index (χ0) is 15.4. The molecule has 1 aromatic rings. The van der Waals surface area contributed by atoms with Crippen LogP contribution < -0.4 is 5.32 Å². The zero-order valence-electron chi connectivity index (χ0n) is 12.4. The SMILES string of the molecule is CC(C)NC1CCCN(Cc2ccc([N+](=O)[O-])cc2)C1=O. The summed E-state index contributed by atoms with van der Waals surface area (Å²) in [4.78, 5) is 24.4. The fourth-order valence-electron chi connectivity index (χ4n) is 2.60. The third-order valence-corrected chi connectivity index (χ3v) is 3.59. The molecule has 1 unspecified atom stereocenters. The largest absolute Gasteiger partial charge is 0.337 e. The number of nitro groups is 1. The highest BCUT2D eigenvalue weighted by Gasteiger charge is 2.28. The summed E-state index contributed by atoms with van der Waals surface area (Å²) in [5.74, 6) is 0.119. The van der Waals surface area contributed by atoms with Gasteiger partial charge in [0.25, 0.3) is 5.69 Å². The quantitative estimate of drug-likeness (QED) is 0.665. The Balaban J connectivity index is 2.01. The van der Waals surface area contributed by atoms with E-state index in [0.29, 0.717) is 6.54 Å². The number of hydrogen-bond donors (Lipinski definition) is 1. The average molecular weight is 291 g/mol. The molecular formula is C15H21N3O3. The fourth-order valence-corrected chi connectivity index (χ4v) is 2.60. The minimum atomic E-state index is -0.418. The van der Waals surface area contributed by atoms with Gasteiger partial charge in [0.1, 0.15) is 0 Å². The van der Waals surface area contributed by atoms with Crippen LogP contribution >= 0.6 is 0 Å². The molecule has 1 atom stereocenters. The van der Waals surface area contributed by atoms with Crippen molar-refractivity contribution in [3.05, 3.63) is 39.9 Å². The van der Waals surface area contributed by atoms with E-state index in [1.807, 2.05) is 18.7 Å². The van der Waals surface area contributed by atoms with Gasteiger partial charge in [0.15, 0.2) is 0 Å². The van der Waals surface area contributed by atoms with Crippen molar-refractivity contribution in [1.82, 2.24) is 10.2 Å². The number of hydrogen-bond acceptors (Lipinski definition) is 4. The molecule has 1 fully saturated rings. The monoisotopic (exact) mass is 291 g/mol. The molecule has 0 saturated carbocycles. The second-order valence-electron chi connectivity index (χ2n) is 5.70. The van der Waals surface area contributed by atoms with Gasteiger partial charge in [-0.15, -0.1) is 0 Å². The van der Waals surface area contributed by atoms with Crippen molar-refractivity contribution in [2.24, 2.45) is 0 Å². The molecule has 1 aliphatic heterocycles. The molecule has 2 rings (SSSR count). The van der Waals surface area contributed by atoms with Gasteiger partial charge < -0.3 is 10.2 Å². The van der Waals surface area contributed by atoms with E-state index in [-0.39, 0.29) is 23.7 Å². The van der Waals surface area contributed by atoms with Crippen LogP contribution in [0.1, 0.15) is 32.3 Å². The maximum Gasteiger partial charge on any atom is 0.269 e. The molecule has 21 heavy (non-hydrogen) atoms. The van der Waals surface area contributed by atoms with Crippen molar-refractivity contribution in [2.45, 2.75) is 45.3 Å². The van der Waals surface area contributed by atoms with Crippen molar-refractivity contribution < 1.29 is 9.72 Å². The Morgan fingerprint density at radius 2 is 2.05 bits per heavy atom. The Bertz CT molecular complexity index is 513. The molecule has 1 aliphatic rings. The first-order valence-corrected chi connectivity index (χ1v) is 7.25. The highest BCUT2D eigenvalue weighted by atomic mass is 16.6. The van der Waals surface area contributed by atoms with Crippen molar-refractivity contribution in [3.63, 3.8) is 0 Å². The number of amides is 1. The molecular weight excluding hydrogens is 270 g/mol. The third-order valence-electron chi connectivity index (χ3n) is 3.59. The van der Waals surface area contributed by atoms with Crippen molar-refractivity contribution in [3.8, 4) is 0 Å². The molecule has 6 heteroatoms. The number of non-ortho nitro benzene ring substituents is 1. The molecule has 0 spiro atoms. The number of nitrogens with one attached hydrogen (secondary N) is 1. The Morgan fingerprint density at radius 3 is 2.62 bits per heavy atom. The standard InChI is InChI=1S/C15H21N3O3/c1-11(2)16-14-4-3-9-17(15(14)19)10-12-5-7-13(8-6-12)18(20)21/h5-8,11,14,16H,3-4,9-10H2,1-2H3. The Hall–Kier alpha value is -1.95. The van der Waals surface area contributed by atoms with E-state index in [4.69, 9.17) is 0 Å². The minimum Gasteiger partial charge on any atom is -0.337 e. The summed E-state index contributed by atoms with van der Waals surface area (Å²) in [7, 11) is 0. The van der Waals surface area contributed by atoms with Gasteiger partial charge in [-0.2, -0.15) is 0 Å². The van der Waals surface area contributed by atoms with Gasteiger partial charge >= 0.3 is 0 Å². The lowest BCUT2D eigenvalue weighted by Gasteiger charge is -2.33. The maximum absolute atomic E-state index is 12.4. The third kappa shape index (κ3) is 4.01. The summed E-state index contributed by atoms with van der Waals surface area (Å²) in [5.41, 5.74) is 0.988. The highest BCUT2D eigenvalue weighted by Crippen LogP contribution is 2.18. The Kier molecular flexibility index (Phi) is 4.90. The summed E-state index contributed by atoms with van der Waals surface area (Å²) in [5, 5.41) is 13.9. The smallest absolute Gasteiger partial charge is 0.269 e. The normalized spacial score (nSPS) is 19.1. The topological polar surface area (TPSA) is 75.5 Å². The number of likely N-dealkylation sites (tertiary alicyclic amines) is 1. The van der Waals surface area contributed by atoms with Crippen LogP contribution in [-0.2, 0) is 11.3 Å². The Morgan fingerprint density at radius 1 is 1.38 bits per heavy atom. The van der Waals surface area contributed by atoms with Crippen molar-refractivity contribution in [1.29, 1.82) is 0 Å².